The molecule has 0 radical (unpaired) electrons. The van der Waals surface area contributed by atoms with Crippen LogP contribution in [-0.4, -0.2) is 29.5 Å². The van der Waals surface area contributed by atoms with Crippen LogP contribution in [0.25, 0.3) is 10.8 Å². The number of hydrogen-bond acceptors (Lipinski definition) is 3. The number of rotatable bonds is 3. The monoisotopic (exact) mass is 269 g/mol. The van der Waals surface area contributed by atoms with Crippen molar-refractivity contribution in [3.8, 4) is 0 Å². The van der Waals surface area contributed by atoms with Crippen LogP contribution in [-0.2, 0) is 4.79 Å². The Morgan fingerprint density at radius 1 is 1.35 bits per heavy atom. The second kappa shape index (κ2) is 5.21. The minimum atomic E-state index is -0.0677. The van der Waals surface area contributed by atoms with Gasteiger partial charge in [0.1, 0.15) is 0 Å². The molecule has 2 heterocycles. The Balaban J connectivity index is 1.94. The average Bonchev–Trinajstić information content (AvgIpc) is 2.79. The van der Waals surface area contributed by atoms with E-state index in [2.05, 4.69) is 24.1 Å². The van der Waals surface area contributed by atoms with Crippen molar-refractivity contribution in [1.82, 2.24) is 10.3 Å². The number of fused-ring (bicyclic) bond motifs is 1. The Labute approximate surface area is 118 Å². The predicted octanol–water partition coefficient (Wildman–Crippen LogP) is 2.34. The summed E-state index contributed by atoms with van der Waals surface area (Å²) in [6, 6.07) is 8.27. The largest absolute Gasteiger partial charge is 0.310 e. The first kappa shape index (κ1) is 13.1. The lowest BCUT2D eigenvalue weighted by Gasteiger charge is -2.20. The maximum atomic E-state index is 12.5. The SMILES string of the molecule is CC(C)NC1CCN(c2cccc3ccncc23)C1=O. The molecule has 1 amide bonds. The number of benzene rings is 1. The highest BCUT2D eigenvalue weighted by Crippen LogP contribution is 2.29. The summed E-state index contributed by atoms with van der Waals surface area (Å²) < 4.78 is 0. The standard InChI is InChI=1S/C16H19N3O/c1-11(2)18-14-7-9-19(16(14)20)15-5-3-4-12-6-8-17-10-13(12)15/h3-6,8,10-11,14,18H,7,9H2,1-2H3. The molecule has 1 N–H and O–H groups in total. The predicted molar refractivity (Wildman–Crippen MR) is 80.8 cm³/mol. The van der Waals surface area contributed by atoms with E-state index in [-0.39, 0.29) is 11.9 Å². The Bertz CT molecular complexity index is 633. The highest BCUT2D eigenvalue weighted by atomic mass is 16.2. The van der Waals surface area contributed by atoms with E-state index in [0.717, 1.165) is 29.4 Å². The molecule has 20 heavy (non-hydrogen) atoms. The number of carbonyl (C=O) groups excluding carboxylic acids is 1. The smallest absolute Gasteiger partial charge is 0.244 e. The van der Waals surface area contributed by atoms with Gasteiger partial charge in [0.2, 0.25) is 5.91 Å². The zero-order valence-electron chi connectivity index (χ0n) is 11.8. The van der Waals surface area contributed by atoms with Gasteiger partial charge < -0.3 is 10.2 Å². The van der Waals surface area contributed by atoms with Crippen molar-refractivity contribution in [3.63, 3.8) is 0 Å². The van der Waals surface area contributed by atoms with Gasteiger partial charge in [-0.1, -0.05) is 26.0 Å². The fraction of sp³-hybridized carbons (Fsp3) is 0.375. The molecule has 2 aromatic rings. The van der Waals surface area contributed by atoms with Crippen LogP contribution < -0.4 is 10.2 Å². The zero-order valence-corrected chi connectivity index (χ0v) is 11.8. The van der Waals surface area contributed by atoms with Crippen LogP contribution >= 0.6 is 0 Å². The Kier molecular flexibility index (Phi) is 3.40. The van der Waals surface area contributed by atoms with E-state index in [1.807, 2.05) is 35.4 Å². The van der Waals surface area contributed by atoms with Crippen molar-refractivity contribution < 1.29 is 4.79 Å². The Morgan fingerprint density at radius 2 is 2.20 bits per heavy atom. The van der Waals surface area contributed by atoms with Gasteiger partial charge in [-0.3, -0.25) is 9.78 Å². The molecule has 0 bridgehead atoms. The number of nitrogens with zero attached hydrogens (tertiary/aromatic N) is 2. The van der Waals surface area contributed by atoms with Crippen LogP contribution in [0.4, 0.5) is 5.69 Å². The van der Waals surface area contributed by atoms with Gasteiger partial charge in [0.05, 0.1) is 11.7 Å². The number of amides is 1. The second-order valence-corrected chi connectivity index (χ2v) is 5.53. The van der Waals surface area contributed by atoms with Gasteiger partial charge in [0.15, 0.2) is 0 Å². The molecule has 1 unspecified atom stereocenters. The van der Waals surface area contributed by atoms with Gasteiger partial charge in [-0.15, -0.1) is 0 Å². The van der Waals surface area contributed by atoms with Gasteiger partial charge in [-0.25, -0.2) is 0 Å². The third-order valence-corrected chi connectivity index (χ3v) is 3.69. The fourth-order valence-corrected chi connectivity index (χ4v) is 2.81. The maximum Gasteiger partial charge on any atom is 0.244 e. The van der Waals surface area contributed by atoms with E-state index in [1.165, 1.54) is 0 Å². The first-order valence-corrected chi connectivity index (χ1v) is 7.07. The maximum absolute atomic E-state index is 12.5. The quantitative estimate of drug-likeness (QED) is 0.930. The molecule has 1 aliphatic heterocycles. The molecule has 0 saturated carbocycles. The molecule has 104 valence electrons. The van der Waals surface area contributed by atoms with E-state index < -0.39 is 0 Å². The normalized spacial score (nSPS) is 19.2. The summed E-state index contributed by atoms with van der Waals surface area (Å²) in [5.74, 6) is 0.162. The van der Waals surface area contributed by atoms with Crippen LogP contribution in [0.3, 0.4) is 0 Å². The lowest BCUT2D eigenvalue weighted by Crippen LogP contribution is -2.41. The molecule has 0 aliphatic carbocycles. The summed E-state index contributed by atoms with van der Waals surface area (Å²) in [5, 5.41) is 5.48. The number of carbonyl (C=O) groups is 1. The van der Waals surface area contributed by atoms with Gasteiger partial charge in [0.25, 0.3) is 0 Å². The fourth-order valence-electron chi connectivity index (χ4n) is 2.81. The molecule has 4 heteroatoms. The van der Waals surface area contributed by atoms with Crippen molar-refractivity contribution in [3.05, 3.63) is 36.7 Å². The van der Waals surface area contributed by atoms with Crippen molar-refractivity contribution in [1.29, 1.82) is 0 Å². The molecule has 4 nitrogen and oxygen atoms in total. The number of hydrogen-bond donors (Lipinski definition) is 1. The number of aromatic nitrogens is 1. The van der Waals surface area contributed by atoms with E-state index in [4.69, 9.17) is 0 Å². The van der Waals surface area contributed by atoms with Crippen LogP contribution in [0.15, 0.2) is 36.7 Å². The minimum absolute atomic E-state index is 0.0677. The molecule has 3 rings (SSSR count). The Morgan fingerprint density at radius 3 is 3.00 bits per heavy atom. The van der Waals surface area contributed by atoms with Gasteiger partial charge in [0, 0.05) is 30.4 Å². The number of nitrogens with one attached hydrogen (secondary N) is 1. The first-order chi connectivity index (χ1) is 9.66. The molecule has 0 spiro atoms. The van der Waals surface area contributed by atoms with Crippen molar-refractivity contribution in [2.75, 3.05) is 11.4 Å². The third kappa shape index (κ3) is 2.27. The summed E-state index contributed by atoms with van der Waals surface area (Å²) in [6.07, 6.45) is 4.47. The van der Waals surface area contributed by atoms with Crippen LogP contribution in [0.2, 0.25) is 0 Å². The lowest BCUT2D eigenvalue weighted by atomic mass is 10.1. The highest BCUT2D eigenvalue weighted by Gasteiger charge is 2.33. The van der Waals surface area contributed by atoms with E-state index in [1.54, 1.807) is 6.20 Å². The summed E-state index contributed by atoms with van der Waals surface area (Å²) in [7, 11) is 0. The van der Waals surface area contributed by atoms with Crippen molar-refractivity contribution >= 4 is 22.4 Å². The van der Waals surface area contributed by atoms with E-state index >= 15 is 0 Å². The average molecular weight is 269 g/mol. The van der Waals surface area contributed by atoms with E-state index in [0.29, 0.717) is 6.04 Å². The van der Waals surface area contributed by atoms with Crippen molar-refractivity contribution in [2.45, 2.75) is 32.4 Å². The van der Waals surface area contributed by atoms with Crippen LogP contribution in [0, 0.1) is 0 Å². The number of pyridine rings is 1. The summed E-state index contributed by atoms with van der Waals surface area (Å²) >= 11 is 0. The summed E-state index contributed by atoms with van der Waals surface area (Å²) in [5.41, 5.74) is 0.966. The van der Waals surface area contributed by atoms with Crippen LogP contribution in [0.5, 0.6) is 0 Å². The third-order valence-electron chi connectivity index (χ3n) is 3.69. The lowest BCUT2D eigenvalue weighted by molar-refractivity contribution is -0.118. The molecule has 1 aliphatic rings. The molecule has 1 fully saturated rings. The summed E-state index contributed by atoms with van der Waals surface area (Å²) in [4.78, 5) is 18.6. The molecule has 1 saturated heterocycles. The van der Waals surface area contributed by atoms with E-state index in [9.17, 15) is 4.79 Å². The zero-order chi connectivity index (χ0) is 14.1. The van der Waals surface area contributed by atoms with Gasteiger partial charge >= 0.3 is 0 Å². The first-order valence-electron chi connectivity index (χ1n) is 7.07. The molecular formula is C16H19N3O. The Hall–Kier alpha value is -1.94. The molecule has 1 aromatic carbocycles. The minimum Gasteiger partial charge on any atom is -0.310 e. The molecule has 1 aromatic heterocycles. The summed E-state index contributed by atoms with van der Waals surface area (Å²) in [6.45, 7) is 4.90. The van der Waals surface area contributed by atoms with Gasteiger partial charge in [-0.2, -0.15) is 0 Å². The molecular weight excluding hydrogens is 250 g/mol. The number of anilines is 1. The molecule has 1 atom stereocenters. The highest BCUT2D eigenvalue weighted by molar-refractivity contribution is 6.06. The topological polar surface area (TPSA) is 45.2 Å². The second-order valence-electron chi connectivity index (χ2n) is 5.53. The van der Waals surface area contributed by atoms with Crippen molar-refractivity contribution in [2.24, 2.45) is 0 Å². The van der Waals surface area contributed by atoms with Crippen LogP contribution in [0.1, 0.15) is 20.3 Å². The van der Waals surface area contributed by atoms with Gasteiger partial charge in [-0.05, 0) is 23.9 Å².